The summed E-state index contributed by atoms with van der Waals surface area (Å²) >= 11 is 5.85. The highest BCUT2D eigenvalue weighted by Crippen LogP contribution is 2.19. The Hall–Kier alpha value is -3.91. The molecule has 0 atom stereocenters. The van der Waals surface area contributed by atoms with Gasteiger partial charge in [0.05, 0.1) is 17.0 Å². The Morgan fingerprint density at radius 3 is 2.13 bits per heavy atom. The molecule has 0 radical (unpaired) electrons. The molecule has 0 aliphatic carbocycles. The molecule has 0 spiro atoms. The van der Waals surface area contributed by atoms with Crippen molar-refractivity contribution in [2.24, 2.45) is 0 Å². The highest BCUT2D eigenvalue weighted by molar-refractivity contribution is 6.30. The summed E-state index contributed by atoms with van der Waals surface area (Å²) in [5.41, 5.74) is 1.82. The third-order valence-electron chi connectivity index (χ3n) is 4.08. The third kappa shape index (κ3) is 5.55. The molecular formula is C21H17ClN4O4. The SMILES string of the molecule is O=C(CNc1ccccc1C(=O)Nc1ccc(Cl)cc1)Nc1ccc([N+](=O)[O-])cc1. The van der Waals surface area contributed by atoms with Gasteiger partial charge in [0.15, 0.2) is 0 Å². The van der Waals surface area contributed by atoms with Crippen LogP contribution in [0.1, 0.15) is 10.4 Å². The van der Waals surface area contributed by atoms with Gasteiger partial charge in [0.1, 0.15) is 0 Å². The number of carbonyl (C=O) groups excluding carboxylic acids is 2. The van der Waals surface area contributed by atoms with Crippen LogP contribution in [0.15, 0.2) is 72.8 Å². The van der Waals surface area contributed by atoms with Gasteiger partial charge in [-0.05, 0) is 48.5 Å². The Bertz CT molecular complexity index is 1070. The summed E-state index contributed by atoms with van der Waals surface area (Å²) in [6.07, 6.45) is 0. The van der Waals surface area contributed by atoms with Crippen molar-refractivity contribution in [2.45, 2.75) is 0 Å². The van der Waals surface area contributed by atoms with E-state index in [-0.39, 0.29) is 24.0 Å². The van der Waals surface area contributed by atoms with E-state index in [1.807, 2.05) is 0 Å². The topological polar surface area (TPSA) is 113 Å². The second kappa shape index (κ2) is 9.53. The fourth-order valence-corrected chi connectivity index (χ4v) is 2.74. The Morgan fingerprint density at radius 1 is 0.867 bits per heavy atom. The summed E-state index contributed by atoms with van der Waals surface area (Å²) in [4.78, 5) is 35.0. The molecule has 3 aromatic carbocycles. The van der Waals surface area contributed by atoms with Gasteiger partial charge in [0.25, 0.3) is 11.6 Å². The zero-order chi connectivity index (χ0) is 21.5. The fourth-order valence-electron chi connectivity index (χ4n) is 2.61. The molecule has 0 fully saturated rings. The van der Waals surface area contributed by atoms with Crippen LogP contribution in [0.5, 0.6) is 0 Å². The maximum atomic E-state index is 12.6. The van der Waals surface area contributed by atoms with Crippen LogP contribution in [0.4, 0.5) is 22.7 Å². The smallest absolute Gasteiger partial charge is 0.269 e. The lowest BCUT2D eigenvalue weighted by atomic mass is 10.1. The number of halogens is 1. The van der Waals surface area contributed by atoms with Crippen LogP contribution in [0.25, 0.3) is 0 Å². The van der Waals surface area contributed by atoms with Gasteiger partial charge in [-0.3, -0.25) is 19.7 Å². The van der Waals surface area contributed by atoms with Crippen molar-refractivity contribution in [1.82, 2.24) is 0 Å². The van der Waals surface area contributed by atoms with Crippen LogP contribution in [-0.4, -0.2) is 23.3 Å². The summed E-state index contributed by atoms with van der Waals surface area (Å²) in [6.45, 7) is -0.0950. The van der Waals surface area contributed by atoms with E-state index in [2.05, 4.69) is 16.0 Å². The number of nitro benzene ring substituents is 1. The van der Waals surface area contributed by atoms with Crippen LogP contribution < -0.4 is 16.0 Å². The largest absolute Gasteiger partial charge is 0.376 e. The van der Waals surface area contributed by atoms with Crippen LogP contribution >= 0.6 is 11.6 Å². The number of para-hydroxylation sites is 1. The highest BCUT2D eigenvalue weighted by atomic mass is 35.5. The number of benzene rings is 3. The predicted octanol–water partition coefficient (Wildman–Crippen LogP) is 4.55. The van der Waals surface area contributed by atoms with Crippen LogP contribution in [0, 0.1) is 10.1 Å². The van der Waals surface area contributed by atoms with Gasteiger partial charge < -0.3 is 16.0 Å². The van der Waals surface area contributed by atoms with Crippen molar-refractivity contribution in [3.05, 3.63) is 93.5 Å². The summed E-state index contributed by atoms with van der Waals surface area (Å²) in [5, 5.41) is 19.6. The normalized spacial score (nSPS) is 10.2. The zero-order valence-electron chi connectivity index (χ0n) is 15.6. The Morgan fingerprint density at radius 2 is 1.47 bits per heavy atom. The maximum Gasteiger partial charge on any atom is 0.269 e. The summed E-state index contributed by atoms with van der Waals surface area (Å²) in [7, 11) is 0. The molecule has 0 aliphatic rings. The molecule has 0 heterocycles. The van der Waals surface area contributed by atoms with E-state index >= 15 is 0 Å². The first-order valence-electron chi connectivity index (χ1n) is 8.86. The predicted molar refractivity (Wildman–Crippen MR) is 116 cm³/mol. The number of hydrogen-bond donors (Lipinski definition) is 3. The standard InChI is InChI=1S/C21H17ClN4O4/c22-14-5-7-16(8-6-14)25-21(28)18-3-1-2-4-19(18)23-13-20(27)24-15-9-11-17(12-10-15)26(29)30/h1-12,23H,13H2,(H,24,27)(H,25,28). The number of non-ortho nitro benzene ring substituents is 1. The van der Waals surface area contributed by atoms with Gasteiger partial charge in [0, 0.05) is 34.2 Å². The Balaban J connectivity index is 1.61. The maximum absolute atomic E-state index is 12.6. The molecule has 0 bridgehead atoms. The van der Waals surface area contributed by atoms with Crippen LogP contribution in [0.3, 0.4) is 0 Å². The lowest BCUT2D eigenvalue weighted by Crippen LogP contribution is -2.23. The zero-order valence-corrected chi connectivity index (χ0v) is 16.3. The van der Waals surface area contributed by atoms with Gasteiger partial charge in [-0.2, -0.15) is 0 Å². The number of amides is 2. The molecule has 0 aliphatic heterocycles. The number of nitrogens with one attached hydrogen (secondary N) is 3. The fraction of sp³-hybridized carbons (Fsp3) is 0.0476. The van der Waals surface area contributed by atoms with E-state index in [9.17, 15) is 19.7 Å². The van der Waals surface area contributed by atoms with E-state index in [0.717, 1.165) is 0 Å². The Kier molecular flexibility index (Phi) is 6.61. The average Bonchev–Trinajstić information content (AvgIpc) is 2.74. The molecule has 0 saturated carbocycles. The number of nitro groups is 1. The van der Waals surface area contributed by atoms with Crippen molar-refractivity contribution in [3.63, 3.8) is 0 Å². The van der Waals surface area contributed by atoms with Crippen LogP contribution in [0.2, 0.25) is 5.02 Å². The van der Waals surface area contributed by atoms with Crippen molar-refractivity contribution in [2.75, 3.05) is 22.5 Å². The van der Waals surface area contributed by atoms with E-state index in [1.165, 1.54) is 24.3 Å². The minimum absolute atomic E-state index is 0.0632. The van der Waals surface area contributed by atoms with Crippen molar-refractivity contribution in [3.8, 4) is 0 Å². The second-order valence-electron chi connectivity index (χ2n) is 6.21. The number of nitrogens with zero attached hydrogens (tertiary/aromatic N) is 1. The first-order valence-corrected chi connectivity index (χ1v) is 9.24. The molecule has 0 saturated heterocycles. The van der Waals surface area contributed by atoms with E-state index in [0.29, 0.717) is 27.6 Å². The molecule has 9 heteroatoms. The van der Waals surface area contributed by atoms with E-state index in [1.54, 1.807) is 48.5 Å². The van der Waals surface area contributed by atoms with Crippen molar-refractivity contribution >= 4 is 46.2 Å². The monoisotopic (exact) mass is 424 g/mol. The summed E-state index contributed by atoms with van der Waals surface area (Å²) < 4.78 is 0. The number of anilines is 3. The van der Waals surface area contributed by atoms with Crippen LogP contribution in [-0.2, 0) is 4.79 Å². The molecule has 3 aromatic rings. The quantitative estimate of drug-likeness (QED) is 0.380. The van der Waals surface area contributed by atoms with E-state index < -0.39 is 4.92 Å². The lowest BCUT2D eigenvalue weighted by molar-refractivity contribution is -0.384. The van der Waals surface area contributed by atoms with Gasteiger partial charge in [-0.15, -0.1) is 0 Å². The molecule has 152 valence electrons. The minimum Gasteiger partial charge on any atom is -0.376 e. The number of hydrogen-bond acceptors (Lipinski definition) is 5. The molecule has 3 rings (SSSR count). The summed E-state index contributed by atoms with van der Waals surface area (Å²) in [5.74, 6) is -0.701. The molecule has 0 unspecified atom stereocenters. The minimum atomic E-state index is -0.515. The second-order valence-corrected chi connectivity index (χ2v) is 6.65. The lowest BCUT2D eigenvalue weighted by Gasteiger charge is -2.12. The molecule has 3 N–H and O–H groups in total. The van der Waals surface area contributed by atoms with Gasteiger partial charge in [-0.1, -0.05) is 23.7 Å². The third-order valence-corrected chi connectivity index (χ3v) is 4.33. The molecule has 30 heavy (non-hydrogen) atoms. The number of rotatable bonds is 7. The molecule has 0 aromatic heterocycles. The summed E-state index contributed by atoms with van der Waals surface area (Å²) in [6, 6.07) is 19.0. The highest BCUT2D eigenvalue weighted by Gasteiger charge is 2.13. The molecular weight excluding hydrogens is 408 g/mol. The van der Waals surface area contributed by atoms with E-state index in [4.69, 9.17) is 11.6 Å². The van der Waals surface area contributed by atoms with Gasteiger partial charge in [0.2, 0.25) is 5.91 Å². The van der Waals surface area contributed by atoms with Gasteiger partial charge in [-0.25, -0.2) is 0 Å². The molecule has 2 amide bonds. The average molecular weight is 425 g/mol. The van der Waals surface area contributed by atoms with Crippen molar-refractivity contribution in [1.29, 1.82) is 0 Å². The Labute approximate surface area is 177 Å². The first-order chi connectivity index (χ1) is 14.4. The van der Waals surface area contributed by atoms with Crippen molar-refractivity contribution < 1.29 is 14.5 Å². The number of carbonyl (C=O) groups is 2. The molecule has 8 nitrogen and oxygen atoms in total. The van der Waals surface area contributed by atoms with Gasteiger partial charge >= 0.3 is 0 Å². The first kappa shape index (κ1) is 20.8.